The average Bonchev–Trinajstić information content (AvgIpc) is 2.99. The van der Waals surface area contributed by atoms with Gasteiger partial charge in [0.2, 0.25) is 0 Å². The number of phenolic OH excluding ortho intramolecular Hbond substituents is 1. The number of likely N-dealkylation sites (tertiary alicyclic amines) is 1. The highest BCUT2D eigenvalue weighted by atomic mass is 32.2. The Labute approximate surface area is 249 Å². The third-order valence-electron chi connectivity index (χ3n) is 7.41. The quantitative estimate of drug-likeness (QED) is 0.144. The second kappa shape index (κ2) is 14.3. The van der Waals surface area contributed by atoms with Gasteiger partial charge in [-0.15, -0.1) is 0 Å². The third kappa shape index (κ3) is 7.85. The zero-order chi connectivity index (χ0) is 29.5. The number of ether oxygens (including phenoxy) is 1. The standard InChI is InChI=1S/C19H24N.C14H12O6S.CH4/c1-17-10-12-18(13-11-17)16-20(14-6-3-7-15-20)19-8-4-2-5-9-19;1-20-12-8-11(15)10(7-13(12)21(17,18)19)14(16)9-5-3-2-4-6-9;/h2,4-5,8-13H,3,6-7,14-16H2,1H3;2-8,15H,1H3,(H,17,18,19);1H4/q+1;;/p-1. The van der Waals surface area contributed by atoms with Crippen molar-refractivity contribution in [2.45, 2.75) is 45.1 Å². The van der Waals surface area contributed by atoms with Gasteiger partial charge in [0.25, 0.3) is 0 Å². The average molecular weight is 590 g/mol. The van der Waals surface area contributed by atoms with Gasteiger partial charge in [0.1, 0.15) is 33.8 Å². The number of hydrogen-bond donors (Lipinski definition) is 1. The van der Waals surface area contributed by atoms with Crippen molar-refractivity contribution in [3.05, 3.63) is 119 Å². The molecule has 1 aliphatic rings. The van der Waals surface area contributed by atoms with Gasteiger partial charge in [0.15, 0.2) is 5.78 Å². The number of carbonyl (C=O) groups excluding carboxylic acids is 1. The Balaban J connectivity index is 0.000000225. The lowest BCUT2D eigenvalue weighted by molar-refractivity contribution is 0.103. The van der Waals surface area contributed by atoms with E-state index in [1.165, 1.54) is 61.3 Å². The molecule has 0 spiro atoms. The van der Waals surface area contributed by atoms with Crippen molar-refractivity contribution < 1.29 is 27.6 Å². The Morgan fingerprint density at radius 3 is 2.00 bits per heavy atom. The monoisotopic (exact) mass is 589 g/mol. The van der Waals surface area contributed by atoms with Crippen molar-refractivity contribution in [2.75, 3.05) is 20.2 Å². The maximum absolute atomic E-state index is 12.2. The highest BCUT2D eigenvalue weighted by molar-refractivity contribution is 7.85. The largest absolute Gasteiger partial charge is 0.744 e. The van der Waals surface area contributed by atoms with Crippen LogP contribution in [0.2, 0.25) is 0 Å². The molecule has 7 nitrogen and oxygen atoms in total. The van der Waals surface area contributed by atoms with E-state index in [0.29, 0.717) is 0 Å². The Hall–Kier alpha value is -3.98. The van der Waals surface area contributed by atoms with E-state index in [-0.39, 0.29) is 24.3 Å². The van der Waals surface area contributed by atoms with Crippen LogP contribution in [0.25, 0.3) is 0 Å². The van der Waals surface area contributed by atoms with Gasteiger partial charge in [0.05, 0.1) is 30.7 Å². The molecule has 5 rings (SSSR count). The molecule has 1 heterocycles. The minimum Gasteiger partial charge on any atom is -0.744 e. The van der Waals surface area contributed by atoms with Crippen LogP contribution in [0.4, 0.5) is 5.69 Å². The third-order valence-corrected chi connectivity index (χ3v) is 8.27. The normalized spacial score (nSPS) is 14.1. The first-order valence-corrected chi connectivity index (χ1v) is 15.0. The molecule has 0 atom stereocenters. The Bertz CT molecular complexity index is 1560. The minimum absolute atomic E-state index is 0. The number of ketones is 1. The van der Waals surface area contributed by atoms with Crippen LogP contribution >= 0.6 is 0 Å². The van der Waals surface area contributed by atoms with Crippen LogP contribution in [-0.4, -0.2) is 44.1 Å². The van der Waals surface area contributed by atoms with Crippen LogP contribution in [0.3, 0.4) is 0 Å². The van der Waals surface area contributed by atoms with Gasteiger partial charge in [-0.3, -0.25) is 9.28 Å². The van der Waals surface area contributed by atoms with Crippen molar-refractivity contribution in [2.24, 2.45) is 0 Å². The fourth-order valence-electron chi connectivity index (χ4n) is 5.24. The van der Waals surface area contributed by atoms with E-state index in [9.17, 15) is 22.9 Å². The van der Waals surface area contributed by atoms with Gasteiger partial charge in [0, 0.05) is 17.2 Å². The summed E-state index contributed by atoms with van der Waals surface area (Å²) in [6.07, 6.45) is 4.09. The Kier molecular flexibility index (Phi) is 11.1. The summed E-state index contributed by atoms with van der Waals surface area (Å²) in [5.41, 5.74) is 4.26. The Morgan fingerprint density at radius 1 is 0.881 bits per heavy atom. The molecular formula is C34H39NO6S. The number of rotatable bonds is 7. The van der Waals surface area contributed by atoms with Crippen molar-refractivity contribution in [3.8, 4) is 11.5 Å². The number of methoxy groups -OCH3 is 1. The number of benzene rings is 4. The minimum atomic E-state index is -4.84. The molecule has 8 heteroatoms. The fourth-order valence-corrected chi connectivity index (χ4v) is 5.89. The molecule has 0 saturated carbocycles. The number of aromatic hydroxyl groups is 1. The molecule has 4 aromatic rings. The lowest BCUT2D eigenvalue weighted by atomic mass is 10.0. The zero-order valence-electron chi connectivity index (χ0n) is 23.3. The molecular weight excluding hydrogens is 550 g/mol. The topological polar surface area (TPSA) is 104 Å². The van der Waals surface area contributed by atoms with Gasteiger partial charge >= 0.3 is 0 Å². The van der Waals surface area contributed by atoms with E-state index in [1.807, 2.05) is 0 Å². The number of aryl methyl sites for hydroxylation is 1. The number of para-hydroxylation sites is 1. The van der Waals surface area contributed by atoms with Crippen molar-refractivity contribution >= 4 is 21.6 Å². The van der Waals surface area contributed by atoms with Gasteiger partial charge in [-0.05, 0) is 44.4 Å². The summed E-state index contributed by atoms with van der Waals surface area (Å²) in [5.74, 6) is -1.37. The number of piperidine rings is 1. The Morgan fingerprint density at radius 2 is 1.45 bits per heavy atom. The number of nitrogens with zero attached hydrogens (tertiary/aromatic N) is 1. The molecule has 0 bridgehead atoms. The highest BCUT2D eigenvalue weighted by Gasteiger charge is 2.32. The van der Waals surface area contributed by atoms with E-state index >= 15 is 0 Å². The van der Waals surface area contributed by atoms with Gasteiger partial charge in [-0.1, -0.05) is 85.8 Å². The molecule has 1 fully saturated rings. The molecule has 1 saturated heterocycles. The first-order valence-electron chi connectivity index (χ1n) is 13.6. The summed E-state index contributed by atoms with van der Waals surface area (Å²) >= 11 is 0. The van der Waals surface area contributed by atoms with Crippen LogP contribution < -0.4 is 9.22 Å². The predicted octanol–water partition coefficient (Wildman–Crippen LogP) is 6.86. The van der Waals surface area contributed by atoms with E-state index in [2.05, 4.69) is 61.5 Å². The number of hydrogen-bond acceptors (Lipinski definition) is 6. The smallest absolute Gasteiger partial charge is 0.196 e. The molecule has 1 N–H and O–H groups in total. The lowest BCUT2D eigenvalue weighted by Crippen LogP contribution is -2.51. The van der Waals surface area contributed by atoms with E-state index < -0.39 is 26.5 Å². The summed E-state index contributed by atoms with van der Waals surface area (Å²) in [5, 5.41) is 9.85. The molecule has 0 unspecified atom stereocenters. The van der Waals surface area contributed by atoms with Crippen LogP contribution in [0.1, 0.15) is 53.7 Å². The molecule has 0 aromatic heterocycles. The fraction of sp³-hybridized carbons (Fsp3) is 0.265. The molecule has 1 aliphatic heterocycles. The van der Waals surface area contributed by atoms with E-state index in [4.69, 9.17) is 4.74 Å². The van der Waals surface area contributed by atoms with Gasteiger partial charge in [-0.25, -0.2) is 8.42 Å². The number of phenols is 1. The second-order valence-electron chi connectivity index (χ2n) is 10.3. The molecule has 222 valence electrons. The maximum Gasteiger partial charge on any atom is 0.196 e. The molecule has 42 heavy (non-hydrogen) atoms. The van der Waals surface area contributed by atoms with Crippen molar-refractivity contribution in [1.82, 2.24) is 4.48 Å². The van der Waals surface area contributed by atoms with Crippen LogP contribution in [-0.2, 0) is 16.7 Å². The summed E-state index contributed by atoms with van der Waals surface area (Å²) in [6.45, 7) is 5.84. The first-order chi connectivity index (χ1) is 19.6. The maximum atomic E-state index is 12.2. The van der Waals surface area contributed by atoms with Crippen molar-refractivity contribution in [3.63, 3.8) is 0 Å². The van der Waals surface area contributed by atoms with Gasteiger partial charge < -0.3 is 14.4 Å². The summed E-state index contributed by atoms with van der Waals surface area (Å²) in [7, 11) is -3.68. The SMILES string of the molecule is C.COc1cc(O)c(C(=O)c2ccccc2)cc1S(=O)(=O)[O-].Cc1ccc(C[N+]2(c3ccccc3)CCCCC2)cc1. The summed E-state index contributed by atoms with van der Waals surface area (Å²) < 4.78 is 39.5. The summed E-state index contributed by atoms with van der Waals surface area (Å²) in [4.78, 5) is 11.6. The lowest BCUT2D eigenvalue weighted by Gasteiger charge is -2.41. The van der Waals surface area contributed by atoms with Crippen LogP contribution in [0.15, 0.2) is 102 Å². The summed E-state index contributed by atoms with van der Waals surface area (Å²) in [6, 6.07) is 29.9. The number of carbonyl (C=O) groups is 1. The van der Waals surface area contributed by atoms with E-state index in [1.54, 1.807) is 18.2 Å². The predicted molar refractivity (Wildman–Crippen MR) is 166 cm³/mol. The van der Waals surface area contributed by atoms with Crippen LogP contribution in [0, 0.1) is 6.92 Å². The molecule has 0 radical (unpaired) electrons. The van der Waals surface area contributed by atoms with Crippen molar-refractivity contribution in [1.29, 1.82) is 0 Å². The molecule has 0 aliphatic carbocycles. The second-order valence-corrected chi connectivity index (χ2v) is 11.6. The molecule has 4 aromatic carbocycles. The molecule has 0 amide bonds. The number of quaternary nitrogens is 1. The van der Waals surface area contributed by atoms with Crippen LogP contribution in [0.5, 0.6) is 11.5 Å². The van der Waals surface area contributed by atoms with E-state index in [0.717, 1.165) is 30.3 Å². The van der Waals surface area contributed by atoms with Gasteiger partial charge in [-0.2, -0.15) is 0 Å². The highest BCUT2D eigenvalue weighted by Crippen LogP contribution is 2.33. The first kappa shape index (κ1) is 32.5. The zero-order valence-corrected chi connectivity index (χ0v) is 24.1.